The van der Waals surface area contributed by atoms with Crippen molar-refractivity contribution in [2.24, 2.45) is 0 Å². The van der Waals surface area contributed by atoms with E-state index in [1.165, 1.54) is 6.20 Å². The molecule has 0 N–H and O–H groups in total. The van der Waals surface area contributed by atoms with E-state index in [2.05, 4.69) is 10.1 Å². The number of fused-ring (bicyclic) bond motifs is 3. The van der Waals surface area contributed by atoms with Gasteiger partial charge in [-0.1, -0.05) is 0 Å². The van der Waals surface area contributed by atoms with Crippen molar-refractivity contribution in [1.29, 1.82) is 0 Å². The summed E-state index contributed by atoms with van der Waals surface area (Å²) < 4.78 is 12.0. The van der Waals surface area contributed by atoms with Crippen LogP contribution in [0.25, 0.3) is 16.6 Å². The van der Waals surface area contributed by atoms with E-state index >= 15 is 0 Å². The van der Waals surface area contributed by atoms with E-state index in [-0.39, 0.29) is 6.10 Å². The van der Waals surface area contributed by atoms with E-state index in [1.54, 1.807) is 31.7 Å². The van der Waals surface area contributed by atoms with Crippen molar-refractivity contribution < 1.29 is 14.3 Å². The molecule has 0 aliphatic heterocycles. The lowest BCUT2D eigenvalue weighted by Gasteiger charge is -2.07. The second kappa shape index (κ2) is 5.05. The SMILES string of the molecule is COc1ccc2cnc3c(C(=O)OC(C)C)cnn3c2c1. The van der Waals surface area contributed by atoms with Crippen molar-refractivity contribution in [1.82, 2.24) is 14.6 Å². The number of methoxy groups -OCH3 is 1. The number of esters is 1. The molecule has 3 rings (SSSR count). The first-order chi connectivity index (χ1) is 10.1. The summed E-state index contributed by atoms with van der Waals surface area (Å²) >= 11 is 0. The van der Waals surface area contributed by atoms with Crippen molar-refractivity contribution in [2.75, 3.05) is 7.11 Å². The van der Waals surface area contributed by atoms with Crippen LogP contribution in [0.4, 0.5) is 0 Å². The number of aromatic nitrogens is 3. The second-order valence-corrected chi connectivity index (χ2v) is 4.93. The van der Waals surface area contributed by atoms with Crippen LogP contribution in [-0.2, 0) is 4.74 Å². The average Bonchev–Trinajstić information content (AvgIpc) is 2.90. The number of nitrogens with zero attached hydrogens (tertiary/aromatic N) is 3. The third-order valence-electron chi connectivity index (χ3n) is 3.10. The topological polar surface area (TPSA) is 65.7 Å². The fourth-order valence-corrected chi connectivity index (χ4v) is 2.14. The number of carbonyl (C=O) groups is 1. The summed E-state index contributed by atoms with van der Waals surface area (Å²) in [6.07, 6.45) is 3.00. The summed E-state index contributed by atoms with van der Waals surface area (Å²) in [7, 11) is 1.61. The van der Waals surface area contributed by atoms with E-state index < -0.39 is 5.97 Å². The van der Waals surface area contributed by atoms with E-state index in [0.29, 0.717) is 11.2 Å². The molecule has 21 heavy (non-hydrogen) atoms. The largest absolute Gasteiger partial charge is 0.497 e. The number of benzene rings is 1. The van der Waals surface area contributed by atoms with Gasteiger partial charge in [0, 0.05) is 17.6 Å². The van der Waals surface area contributed by atoms with Gasteiger partial charge in [0.15, 0.2) is 5.65 Å². The third kappa shape index (κ3) is 2.29. The lowest BCUT2D eigenvalue weighted by molar-refractivity contribution is 0.0380. The Bertz CT molecular complexity index is 824. The molecule has 0 aliphatic carbocycles. The second-order valence-electron chi connectivity index (χ2n) is 4.93. The number of rotatable bonds is 3. The van der Waals surface area contributed by atoms with Crippen molar-refractivity contribution in [3.63, 3.8) is 0 Å². The van der Waals surface area contributed by atoms with Crippen LogP contribution in [0.2, 0.25) is 0 Å². The third-order valence-corrected chi connectivity index (χ3v) is 3.10. The van der Waals surface area contributed by atoms with E-state index in [1.807, 2.05) is 18.2 Å². The molecule has 0 saturated carbocycles. The number of hydrogen-bond donors (Lipinski definition) is 0. The summed E-state index contributed by atoms with van der Waals surface area (Å²) in [5.74, 6) is 0.298. The Balaban J connectivity index is 2.19. The van der Waals surface area contributed by atoms with Crippen molar-refractivity contribution in [2.45, 2.75) is 20.0 Å². The zero-order valence-electron chi connectivity index (χ0n) is 12.0. The molecule has 6 nitrogen and oxygen atoms in total. The monoisotopic (exact) mass is 285 g/mol. The van der Waals surface area contributed by atoms with Crippen molar-refractivity contribution in [3.05, 3.63) is 36.2 Å². The van der Waals surface area contributed by atoms with Gasteiger partial charge in [-0.2, -0.15) is 5.10 Å². The van der Waals surface area contributed by atoms with Gasteiger partial charge in [-0.05, 0) is 26.0 Å². The zero-order valence-corrected chi connectivity index (χ0v) is 12.0. The molecule has 0 bridgehead atoms. The van der Waals surface area contributed by atoms with Crippen LogP contribution < -0.4 is 4.74 Å². The van der Waals surface area contributed by atoms with Crippen LogP contribution >= 0.6 is 0 Å². The Hall–Kier alpha value is -2.63. The highest BCUT2D eigenvalue weighted by Crippen LogP contribution is 2.22. The minimum Gasteiger partial charge on any atom is -0.497 e. The van der Waals surface area contributed by atoms with E-state index in [4.69, 9.17) is 9.47 Å². The van der Waals surface area contributed by atoms with Gasteiger partial charge in [-0.3, -0.25) is 0 Å². The molecule has 3 aromatic rings. The molecule has 2 heterocycles. The van der Waals surface area contributed by atoms with E-state index in [9.17, 15) is 4.79 Å². The summed E-state index contributed by atoms with van der Waals surface area (Å²) in [5.41, 5.74) is 1.65. The number of carbonyl (C=O) groups excluding carboxylic acids is 1. The Labute approximate surface area is 121 Å². The molecule has 0 aliphatic rings. The molecular formula is C15H15N3O3. The smallest absolute Gasteiger partial charge is 0.343 e. The quantitative estimate of drug-likeness (QED) is 0.692. The van der Waals surface area contributed by atoms with Gasteiger partial charge in [0.2, 0.25) is 0 Å². The highest BCUT2D eigenvalue weighted by Gasteiger charge is 2.17. The number of hydrogen-bond acceptors (Lipinski definition) is 5. The maximum absolute atomic E-state index is 12.0. The zero-order chi connectivity index (χ0) is 15.0. The minimum absolute atomic E-state index is 0.187. The molecule has 6 heteroatoms. The van der Waals surface area contributed by atoms with Crippen LogP contribution in [0.15, 0.2) is 30.6 Å². The van der Waals surface area contributed by atoms with Gasteiger partial charge in [0.05, 0.1) is 24.9 Å². The van der Waals surface area contributed by atoms with Gasteiger partial charge >= 0.3 is 5.97 Å². The van der Waals surface area contributed by atoms with Crippen LogP contribution in [0.3, 0.4) is 0 Å². The van der Waals surface area contributed by atoms with Crippen molar-refractivity contribution >= 4 is 22.5 Å². The first-order valence-electron chi connectivity index (χ1n) is 6.61. The molecule has 0 spiro atoms. The Morgan fingerprint density at radius 1 is 1.29 bits per heavy atom. The predicted octanol–water partition coefficient (Wildman–Crippen LogP) is 2.46. The van der Waals surface area contributed by atoms with Crippen LogP contribution in [0.5, 0.6) is 5.75 Å². The molecule has 1 aromatic carbocycles. The molecule has 0 saturated heterocycles. The fraction of sp³-hybridized carbons (Fsp3) is 0.267. The Morgan fingerprint density at radius 3 is 2.81 bits per heavy atom. The molecule has 108 valence electrons. The lowest BCUT2D eigenvalue weighted by Crippen LogP contribution is -2.11. The summed E-state index contributed by atoms with van der Waals surface area (Å²) in [5, 5.41) is 5.16. The van der Waals surface area contributed by atoms with Crippen molar-refractivity contribution in [3.8, 4) is 5.75 Å². The van der Waals surface area contributed by atoms with Gasteiger partial charge < -0.3 is 9.47 Å². The molecule has 2 aromatic heterocycles. The van der Waals surface area contributed by atoms with Crippen LogP contribution in [-0.4, -0.2) is 33.8 Å². The maximum Gasteiger partial charge on any atom is 0.343 e. The van der Waals surface area contributed by atoms with Crippen LogP contribution in [0, 0.1) is 0 Å². The van der Waals surface area contributed by atoms with Gasteiger partial charge in [0.25, 0.3) is 0 Å². The average molecular weight is 285 g/mol. The molecule has 0 radical (unpaired) electrons. The first-order valence-corrected chi connectivity index (χ1v) is 6.61. The lowest BCUT2D eigenvalue weighted by atomic mass is 10.2. The predicted molar refractivity (Wildman–Crippen MR) is 77.6 cm³/mol. The molecule has 0 atom stereocenters. The standard InChI is InChI=1S/C15H15N3O3/c1-9(2)21-15(19)12-8-17-18-13-6-11(20-3)5-4-10(13)7-16-14(12)18/h4-9H,1-3H3. The summed E-state index contributed by atoms with van der Waals surface area (Å²) in [6.45, 7) is 3.61. The number of ether oxygens (including phenoxy) is 2. The van der Waals surface area contributed by atoms with Gasteiger partial charge in [-0.25, -0.2) is 14.3 Å². The van der Waals surface area contributed by atoms with E-state index in [0.717, 1.165) is 16.7 Å². The fourth-order valence-electron chi connectivity index (χ4n) is 2.14. The van der Waals surface area contributed by atoms with Crippen LogP contribution in [0.1, 0.15) is 24.2 Å². The molecule has 0 fully saturated rings. The maximum atomic E-state index is 12.0. The highest BCUT2D eigenvalue weighted by molar-refractivity contribution is 5.97. The summed E-state index contributed by atoms with van der Waals surface area (Å²) in [6, 6.07) is 5.61. The van der Waals surface area contributed by atoms with Gasteiger partial charge in [0.1, 0.15) is 11.3 Å². The molecule has 0 unspecified atom stereocenters. The highest BCUT2D eigenvalue weighted by atomic mass is 16.5. The first kappa shape index (κ1) is 13.4. The Kier molecular flexibility index (Phi) is 3.21. The Morgan fingerprint density at radius 2 is 2.10 bits per heavy atom. The molecule has 0 amide bonds. The normalized spacial score (nSPS) is 11.2. The minimum atomic E-state index is -0.422. The van der Waals surface area contributed by atoms with Gasteiger partial charge in [-0.15, -0.1) is 0 Å². The molecular weight excluding hydrogens is 270 g/mol. The summed E-state index contributed by atoms with van der Waals surface area (Å²) in [4.78, 5) is 16.4.